The Hall–Kier alpha value is -1.66. The topological polar surface area (TPSA) is 91.5 Å². The number of aromatic nitrogens is 4. The molecule has 0 saturated carbocycles. The van der Waals surface area contributed by atoms with Gasteiger partial charge in [0, 0.05) is 0 Å². The highest BCUT2D eigenvalue weighted by Crippen LogP contribution is 1.98. The quantitative estimate of drug-likeness (QED) is 0.621. The van der Waals surface area contributed by atoms with Gasteiger partial charge in [-0.2, -0.15) is 5.11 Å². The number of aromatic amines is 1. The van der Waals surface area contributed by atoms with Crippen LogP contribution in [0.1, 0.15) is 5.82 Å². The second kappa shape index (κ2) is 2.52. The van der Waals surface area contributed by atoms with Crippen molar-refractivity contribution in [3.8, 4) is 0 Å². The minimum atomic E-state index is 0.427. The average molecular weight is 151 g/mol. The minimum absolute atomic E-state index is 0.427. The van der Waals surface area contributed by atoms with Crippen molar-refractivity contribution >= 4 is 5.84 Å². The summed E-state index contributed by atoms with van der Waals surface area (Å²) >= 11 is 0. The molecular weight excluding hydrogens is 146 g/mol. The Morgan fingerprint density at radius 1 is 1.45 bits per heavy atom. The lowest BCUT2D eigenvalue weighted by molar-refractivity contribution is 0.881. The first-order valence-electron chi connectivity index (χ1n) is 3.08. The Balaban J connectivity index is 2.06. The molecule has 0 unspecified atom stereocenters. The van der Waals surface area contributed by atoms with Crippen molar-refractivity contribution in [3.63, 3.8) is 0 Å². The maximum Gasteiger partial charge on any atom is 0.156 e. The van der Waals surface area contributed by atoms with Gasteiger partial charge in [-0.25, -0.2) is 10.1 Å². The van der Waals surface area contributed by atoms with Crippen LogP contribution in [0.4, 0.5) is 0 Å². The number of tetrazole rings is 1. The fourth-order valence-corrected chi connectivity index (χ4v) is 0.753. The summed E-state index contributed by atoms with van der Waals surface area (Å²) in [5.74, 6) is 1.33. The molecule has 7 heteroatoms. The van der Waals surface area contributed by atoms with E-state index >= 15 is 0 Å². The molecule has 1 aromatic heterocycles. The molecule has 1 N–H and O–H groups in total. The van der Waals surface area contributed by atoms with Crippen molar-refractivity contribution in [2.75, 3.05) is 6.67 Å². The smallest absolute Gasteiger partial charge is 0.156 e. The van der Waals surface area contributed by atoms with Gasteiger partial charge in [0.05, 0.1) is 6.42 Å². The lowest BCUT2D eigenvalue weighted by atomic mass is 10.4. The number of azo groups is 1. The molecule has 1 aliphatic heterocycles. The number of hydrogen-bond donors (Lipinski definition) is 1. The third kappa shape index (κ3) is 1.26. The predicted octanol–water partition coefficient (Wildman–Crippen LogP) is -0.436. The molecule has 56 valence electrons. The van der Waals surface area contributed by atoms with Crippen molar-refractivity contribution in [3.05, 3.63) is 5.82 Å². The minimum Gasteiger partial charge on any atom is -0.243 e. The van der Waals surface area contributed by atoms with E-state index in [-0.39, 0.29) is 0 Å². The van der Waals surface area contributed by atoms with Crippen LogP contribution in [0.3, 0.4) is 0 Å². The predicted molar refractivity (Wildman–Crippen MR) is 35.0 cm³/mol. The molecule has 0 fully saturated rings. The molecule has 0 aromatic carbocycles. The Bertz CT molecular complexity index is 283. The van der Waals surface area contributed by atoms with Gasteiger partial charge in [-0.05, 0) is 10.4 Å². The number of aliphatic imine (C=N–C) groups is 1. The lowest BCUT2D eigenvalue weighted by Crippen LogP contribution is -1.98. The summed E-state index contributed by atoms with van der Waals surface area (Å²) in [6.07, 6.45) is 0.524. The summed E-state index contributed by atoms with van der Waals surface area (Å²) in [5.41, 5.74) is 0. The molecule has 0 atom stereocenters. The van der Waals surface area contributed by atoms with Crippen LogP contribution in [0.2, 0.25) is 0 Å². The summed E-state index contributed by atoms with van der Waals surface area (Å²) in [4.78, 5) is 3.98. The van der Waals surface area contributed by atoms with E-state index in [2.05, 4.69) is 35.8 Å². The second-order valence-electron chi connectivity index (χ2n) is 1.98. The van der Waals surface area contributed by atoms with Crippen molar-refractivity contribution in [2.45, 2.75) is 6.42 Å². The summed E-state index contributed by atoms with van der Waals surface area (Å²) in [7, 11) is 0. The van der Waals surface area contributed by atoms with Gasteiger partial charge in [-0.3, -0.25) is 0 Å². The zero-order valence-electron chi connectivity index (χ0n) is 5.60. The Morgan fingerprint density at radius 2 is 2.45 bits per heavy atom. The zero-order valence-corrected chi connectivity index (χ0v) is 5.60. The van der Waals surface area contributed by atoms with E-state index in [0.29, 0.717) is 24.7 Å². The zero-order chi connectivity index (χ0) is 7.52. The van der Waals surface area contributed by atoms with Crippen molar-refractivity contribution in [1.29, 1.82) is 0 Å². The normalized spacial score (nSPS) is 15.5. The summed E-state index contributed by atoms with van der Waals surface area (Å²) in [5, 5.41) is 20.6. The number of hydrogen-bond acceptors (Lipinski definition) is 6. The number of amidine groups is 1. The highest BCUT2D eigenvalue weighted by atomic mass is 15.5. The van der Waals surface area contributed by atoms with Gasteiger partial charge in [0.15, 0.2) is 18.3 Å². The van der Waals surface area contributed by atoms with E-state index in [0.717, 1.165) is 0 Å². The van der Waals surface area contributed by atoms with E-state index in [1.54, 1.807) is 0 Å². The molecule has 0 amide bonds. The number of nitrogens with zero attached hydrogens (tertiary/aromatic N) is 6. The van der Waals surface area contributed by atoms with Crippen LogP contribution < -0.4 is 0 Å². The van der Waals surface area contributed by atoms with Crippen molar-refractivity contribution in [1.82, 2.24) is 20.6 Å². The van der Waals surface area contributed by atoms with Gasteiger partial charge < -0.3 is 0 Å². The molecule has 0 bridgehead atoms. The molecule has 11 heavy (non-hydrogen) atoms. The molecule has 1 aliphatic rings. The molecule has 0 aliphatic carbocycles. The number of H-pyrrole nitrogens is 1. The van der Waals surface area contributed by atoms with E-state index in [9.17, 15) is 0 Å². The maximum atomic E-state index is 3.98. The first-order valence-corrected chi connectivity index (χ1v) is 3.08. The fraction of sp³-hybridized carbons (Fsp3) is 0.500. The van der Waals surface area contributed by atoms with Crippen LogP contribution >= 0.6 is 0 Å². The molecule has 1 aromatic rings. The second-order valence-corrected chi connectivity index (χ2v) is 1.98. The summed E-state index contributed by atoms with van der Waals surface area (Å²) in [6.45, 7) is 0.427. The highest BCUT2D eigenvalue weighted by Gasteiger charge is 2.05. The van der Waals surface area contributed by atoms with Gasteiger partial charge in [-0.15, -0.1) is 10.2 Å². The van der Waals surface area contributed by atoms with Gasteiger partial charge >= 0.3 is 0 Å². The van der Waals surface area contributed by atoms with Crippen molar-refractivity contribution in [2.24, 2.45) is 15.2 Å². The standard InChI is InChI=1S/C4H5N7/c1(3-5-2-6-7-3)4-8-10-11-9-4/h1-2H2,(H,8,9,10,11). The van der Waals surface area contributed by atoms with Crippen LogP contribution in [0.25, 0.3) is 0 Å². The lowest BCUT2D eigenvalue weighted by Gasteiger charge is -1.86. The van der Waals surface area contributed by atoms with Crippen molar-refractivity contribution < 1.29 is 0 Å². The number of rotatable bonds is 2. The molecule has 2 rings (SSSR count). The van der Waals surface area contributed by atoms with E-state index < -0.39 is 0 Å². The van der Waals surface area contributed by atoms with Crippen LogP contribution in [0.5, 0.6) is 0 Å². The fourth-order valence-electron chi connectivity index (χ4n) is 0.753. The van der Waals surface area contributed by atoms with E-state index in [1.807, 2.05) is 0 Å². The highest BCUT2D eigenvalue weighted by molar-refractivity contribution is 5.84. The first-order chi connectivity index (χ1) is 5.45. The molecule has 2 heterocycles. The Labute approximate surface area is 61.6 Å². The average Bonchev–Trinajstić information content (AvgIpc) is 2.60. The number of nitrogens with one attached hydrogen (secondary N) is 1. The van der Waals surface area contributed by atoms with Gasteiger partial charge in [0.2, 0.25) is 0 Å². The van der Waals surface area contributed by atoms with Gasteiger partial charge in [-0.1, -0.05) is 0 Å². The molecule has 0 radical (unpaired) electrons. The van der Waals surface area contributed by atoms with Crippen LogP contribution in [-0.4, -0.2) is 33.1 Å². The molecular formula is C4H5N7. The molecule has 0 spiro atoms. The monoisotopic (exact) mass is 151 g/mol. The Kier molecular flexibility index (Phi) is 1.39. The molecule has 7 nitrogen and oxygen atoms in total. The van der Waals surface area contributed by atoms with Gasteiger partial charge in [0.25, 0.3) is 0 Å². The van der Waals surface area contributed by atoms with Crippen LogP contribution in [-0.2, 0) is 6.42 Å². The largest absolute Gasteiger partial charge is 0.243 e. The van der Waals surface area contributed by atoms with Gasteiger partial charge in [0.1, 0.15) is 0 Å². The van der Waals surface area contributed by atoms with Crippen LogP contribution in [0, 0.1) is 0 Å². The summed E-state index contributed by atoms with van der Waals surface area (Å²) < 4.78 is 0. The maximum absolute atomic E-state index is 3.98. The van der Waals surface area contributed by atoms with E-state index in [4.69, 9.17) is 0 Å². The first kappa shape index (κ1) is 6.08. The third-order valence-electron chi connectivity index (χ3n) is 1.22. The summed E-state index contributed by atoms with van der Waals surface area (Å²) in [6, 6.07) is 0. The third-order valence-corrected chi connectivity index (χ3v) is 1.22. The Morgan fingerprint density at radius 3 is 3.09 bits per heavy atom. The SMILES string of the molecule is C1N=NC(Cc2nnn[nH]2)=N1. The van der Waals surface area contributed by atoms with Crippen LogP contribution in [0.15, 0.2) is 15.2 Å². The van der Waals surface area contributed by atoms with E-state index in [1.165, 1.54) is 0 Å². The molecule has 0 saturated heterocycles.